The molecule has 3 aromatic carbocycles. The number of para-hydroxylation sites is 1. The molecule has 5 nitrogen and oxygen atoms in total. The molecular weight excluding hydrogens is 396 g/mol. The van der Waals surface area contributed by atoms with Crippen LogP contribution in [-0.2, 0) is 14.8 Å². The van der Waals surface area contributed by atoms with Crippen LogP contribution in [0.1, 0.15) is 22.3 Å². The predicted octanol–water partition coefficient (Wildman–Crippen LogP) is 4.75. The highest BCUT2D eigenvalue weighted by atomic mass is 32.2. The van der Waals surface area contributed by atoms with Crippen molar-refractivity contribution in [1.82, 2.24) is 0 Å². The zero-order valence-electron chi connectivity index (χ0n) is 17.6. The highest BCUT2D eigenvalue weighted by molar-refractivity contribution is 7.92. The van der Waals surface area contributed by atoms with Crippen molar-refractivity contribution in [2.45, 2.75) is 32.6 Å². The molecule has 0 saturated heterocycles. The molecule has 0 aliphatic carbocycles. The number of hydrogen-bond donors (Lipinski definition) is 1. The van der Waals surface area contributed by atoms with E-state index in [9.17, 15) is 13.2 Å². The molecule has 0 bridgehead atoms. The summed E-state index contributed by atoms with van der Waals surface area (Å²) in [6, 6.07) is 19.3. The van der Waals surface area contributed by atoms with Crippen LogP contribution in [0, 0.1) is 27.7 Å². The summed E-state index contributed by atoms with van der Waals surface area (Å²) in [5.74, 6) is -0.398. The highest BCUT2D eigenvalue weighted by Gasteiger charge is 2.27. The van der Waals surface area contributed by atoms with Crippen molar-refractivity contribution in [2.24, 2.45) is 0 Å². The maximum absolute atomic E-state index is 13.4. The highest BCUT2D eigenvalue weighted by Crippen LogP contribution is 2.26. The third-order valence-electron chi connectivity index (χ3n) is 5.14. The summed E-state index contributed by atoms with van der Waals surface area (Å²) in [4.78, 5) is 13.1. The lowest BCUT2D eigenvalue weighted by molar-refractivity contribution is -0.114. The van der Waals surface area contributed by atoms with Crippen LogP contribution in [-0.4, -0.2) is 20.9 Å². The van der Waals surface area contributed by atoms with E-state index in [-0.39, 0.29) is 11.4 Å². The molecule has 0 aliphatic heterocycles. The lowest BCUT2D eigenvalue weighted by atomic mass is 10.1. The number of carbonyl (C=O) groups is 1. The zero-order chi connectivity index (χ0) is 21.9. The van der Waals surface area contributed by atoms with Gasteiger partial charge in [-0.15, -0.1) is 0 Å². The summed E-state index contributed by atoms with van der Waals surface area (Å²) in [6.07, 6.45) is 0. The van der Waals surface area contributed by atoms with Crippen molar-refractivity contribution in [3.05, 3.63) is 89.0 Å². The van der Waals surface area contributed by atoms with E-state index in [4.69, 9.17) is 0 Å². The summed E-state index contributed by atoms with van der Waals surface area (Å²) in [7, 11) is -3.92. The van der Waals surface area contributed by atoms with E-state index in [0.717, 1.165) is 26.6 Å². The molecule has 1 N–H and O–H groups in total. The first-order chi connectivity index (χ1) is 14.2. The molecule has 3 aromatic rings. The third kappa shape index (κ3) is 4.54. The predicted molar refractivity (Wildman–Crippen MR) is 121 cm³/mol. The van der Waals surface area contributed by atoms with Crippen molar-refractivity contribution in [2.75, 3.05) is 16.2 Å². The van der Waals surface area contributed by atoms with E-state index in [2.05, 4.69) is 5.32 Å². The Kier molecular flexibility index (Phi) is 6.27. The molecule has 30 heavy (non-hydrogen) atoms. The van der Waals surface area contributed by atoms with E-state index < -0.39 is 15.9 Å². The summed E-state index contributed by atoms with van der Waals surface area (Å²) >= 11 is 0. The molecule has 0 heterocycles. The van der Waals surface area contributed by atoms with Crippen LogP contribution in [0.4, 0.5) is 11.4 Å². The largest absolute Gasteiger partial charge is 0.324 e. The average molecular weight is 423 g/mol. The number of rotatable bonds is 6. The monoisotopic (exact) mass is 422 g/mol. The Hall–Kier alpha value is -3.12. The van der Waals surface area contributed by atoms with Crippen LogP contribution in [0.5, 0.6) is 0 Å². The summed E-state index contributed by atoms with van der Waals surface area (Å²) < 4.78 is 28.0. The molecule has 0 atom stereocenters. The smallest absolute Gasteiger partial charge is 0.264 e. The van der Waals surface area contributed by atoms with E-state index in [0.29, 0.717) is 11.4 Å². The number of nitrogens with one attached hydrogen (secondary N) is 1. The SMILES string of the molecule is Cc1ccc(N(CC(=O)Nc2c(C)cccc2C)S(=O)(=O)c2ccccc2)cc1C. The Morgan fingerprint density at radius 2 is 1.43 bits per heavy atom. The topological polar surface area (TPSA) is 66.5 Å². The molecule has 0 fully saturated rings. The van der Waals surface area contributed by atoms with Gasteiger partial charge in [-0.3, -0.25) is 9.10 Å². The molecular formula is C24H26N2O3S. The second-order valence-corrected chi connectivity index (χ2v) is 9.27. The second-order valence-electron chi connectivity index (χ2n) is 7.41. The van der Waals surface area contributed by atoms with Crippen molar-refractivity contribution in [3.8, 4) is 0 Å². The molecule has 6 heteroatoms. The van der Waals surface area contributed by atoms with Gasteiger partial charge in [0.05, 0.1) is 10.6 Å². The maximum atomic E-state index is 13.4. The molecule has 0 aliphatic rings. The number of hydrogen-bond acceptors (Lipinski definition) is 3. The first-order valence-corrected chi connectivity index (χ1v) is 11.2. The van der Waals surface area contributed by atoms with E-state index in [1.165, 1.54) is 12.1 Å². The third-order valence-corrected chi connectivity index (χ3v) is 6.93. The number of benzene rings is 3. The fraction of sp³-hybridized carbons (Fsp3) is 0.208. The molecule has 0 spiro atoms. The van der Waals surface area contributed by atoms with Gasteiger partial charge in [-0.1, -0.05) is 42.5 Å². The Morgan fingerprint density at radius 1 is 0.800 bits per heavy atom. The van der Waals surface area contributed by atoms with Gasteiger partial charge in [0, 0.05) is 5.69 Å². The van der Waals surface area contributed by atoms with Gasteiger partial charge in [-0.05, 0) is 74.2 Å². The van der Waals surface area contributed by atoms with Crippen molar-refractivity contribution < 1.29 is 13.2 Å². The van der Waals surface area contributed by atoms with Gasteiger partial charge in [0.25, 0.3) is 10.0 Å². The normalized spacial score (nSPS) is 11.2. The minimum Gasteiger partial charge on any atom is -0.324 e. The quantitative estimate of drug-likeness (QED) is 0.623. The fourth-order valence-corrected chi connectivity index (χ4v) is 4.67. The van der Waals surface area contributed by atoms with Gasteiger partial charge in [0.15, 0.2) is 0 Å². The van der Waals surface area contributed by atoms with Crippen LogP contribution < -0.4 is 9.62 Å². The van der Waals surface area contributed by atoms with E-state index >= 15 is 0 Å². The number of nitrogens with zero attached hydrogens (tertiary/aromatic N) is 1. The van der Waals surface area contributed by atoms with Crippen molar-refractivity contribution in [1.29, 1.82) is 0 Å². The van der Waals surface area contributed by atoms with Crippen LogP contribution in [0.3, 0.4) is 0 Å². The van der Waals surface area contributed by atoms with E-state index in [1.54, 1.807) is 30.3 Å². The zero-order valence-corrected chi connectivity index (χ0v) is 18.5. The van der Waals surface area contributed by atoms with Crippen LogP contribution in [0.25, 0.3) is 0 Å². The molecule has 3 rings (SSSR count). The van der Waals surface area contributed by atoms with E-state index in [1.807, 2.05) is 52.0 Å². The second kappa shape index (κ2) is 8.71. The molecule has 156 valence electrons. The van der Waals surface area contributed by atoms with Gasteiger partial charge in [0.2, 0.25) is 5.91 Å². The van der Waals surface area contributed by atoms with Crippen LogP contribution in [0.15, 0.2) is 71.6 Å². The number of amides is 1. The van der Waals surface area contributed by atoms with Crippen LogP contribution >= 0.6 is 0 Å². The van der Waals surface area contributed by atoms with Gasteiger partial charge >= 0.3 is 0 Å². The minimum absolute atomic E-state index is 0.142. The Morgan fingerprint density at radius 3 is 2.03 bits per heavy atom. The number of carbonyl (C=O) groups excluding carboxylic acids is 1. The van der Waals surface area contributed by atoms with Gasteiger partial charge < -0.3 is 5.32 Å². The number of aryl methyl sites for hydroxylation is 4. The molecule has 0 radical (unpaired) electrons. The van der Waals surface area contributed by atoms with Gasteiger partial charge in [-0.25, -0.2) is 8.42 Å². The summed E-state index contributed by atoms with van der Waals surface area (Å²) in [5, 5.41) is 2.88. The van der Waals surface area contributed by atoms with Crippen molar-refractivity contribution >= 4 is 27.3 Å². The molecule has 0 unspecified atom stereocenters. The number of anilines is 2. The lowest BCUT2D eigenvalue weighted by Gasteiger charge is -2.25. The summed E-state index contributed by atoms with van der Waals surface area (Å²) in [6.45, 7) is 7.37. The number of sulfonamides is 1. The lowest BCUT2D eigenvalue weighted by Crippen LogP contribution is -2.38. The average Bonchev–Trinajstić information content (AvgIpc) is 2.72. The molecule has 0 saturated carbocycles. The summed E-state index contributed by atoms with van der Waals surface area (Å²) in [5.41, 5.74) is 5.02. The standard InChI is InChI=1S/C24H26N2O3S/c1-17-13-14-21(15-20(17)4)26(30(28,29)22-11-6-5-7-12-22)16-23(27)25-24-18(2)9-8-10-19(24)3/h5-15H,16H2,1-4H3,(H,25,27). The Bertz CT molecular complexity index is 1150. The van der Waals surface area contributed by atoms with Crippen LogP contribution in [0.2, 0.25) is 0 Å². The minimum atomic E-state index is -3.92. The van der Waals surface area contributed by atoms with Gasteiger partial charge in [-0.2, -0.15) is 0 Å². The Balaban J connectivity index is 1.99. The Labute approximate surface area is 178 Å². The first-order valence-electron chi connectivity index (χ1n) is 9.71. The van der Waals surface area contributed by atoms with Gasteiger partial charge in [0.1, 0.15) is 6.54 Å². The molecule has 0 aromatic heterocycles. The first kappa shape index (κ1) is 21.6. The fourth-order valence-electron chi connectivity index (χ4n) is 3.24. The van der Waals surface area contributed by atoms with Crippen molar-refractivity contribution in [3.63, 3.8) is 0 Å². The molecule has 1 amide bonds. The maximum Gasteiger partial charge on any atom is 0.264 e.